The number of rotatable bonds is 4. The summed E-state index contributed by atoms with van der Waals surface area (Å²) in [6, 6.07) is -0.108. The fourth-order valence-corrected chi connectivity index (χ4v) is 2.39. The molecule has 0 spiro atoms. The summed E-state index contributed by atoms with van der Waals surface area (Å²) in [6.45, 7) is 3.77. The van der Waals surface area contributed by atoms with E-state index in [2.05, 4.69) is 10.4 Å². The van der Waals surface area contributed by atoms with Gasteiger partial charge >= 0.3 is 0 Å². The molecule has 1 aromatic heterocycles. The van der Waals surface area contributed by atoms with Gasteiger partial charge in [-0.3, -0.25) is 4.68 Å². The summed E-state index contributed by atoms with van der Waals surface area (Å²) < 4.78 is 23.9. The summed E-state index contributed by atoms with van der Waals surface area (Å²) in [6.07, 6.45) is 2.94. The van der Waals surface area contributed by atoms with Crippen molar-refractivity contribution in [1.29, 1.82) is 0 Å². The van der Waals surface area contributed by atoms with E-state index in [4.69, 9.17) is 0 Å². The summed E-state index contributed by atoms with van der Waals surface area (Å²) in [5.41, 5.74) is 1.88. The maximum absolute atomic E-state index is 11.1. The van der Waals surface area contributed by atoms with Crippen molar-refractivity contribution in [2.75, 3.05) is 17.3 Å². The number of hydrogen-bond donors (Lipinski definition) is 1. The summed E-state index contributed by atoms with van der Waals surface area (Å²) >= 11 is 0. The van der Waals surface area contributed by atoms with Crippen LogP contribution in [-0.2, 0) is 16.9 Å². The first-order valence-corrected chi connectivity index (χ1v) is 6.78. The Kier molecular flexibility index (Phi) is 3.38. The highest BCUT2D eigenvalue weighted by atomic mass is 32.2. The Labute approximate surface area is 90.4 Å². The molecule has 0 aromatic carbocycles. The van der Waals surface area contributed by atoms with Crippen LogP contribution >= 0.6 is 0 Å². The van der Waals surface area contributed by atoms with Crippen molar-refractivity contribution in [1.82, 2.24) is 9.78 Å². The highest BCUT2D eigenvalue weighted by Crippen LogP contribution is 2.13. The molecule has 1 unspecified atom stereocenters. The first-order valence-electron chi connectivity index (χ1n) is 4.72. The molecule has 0 saturated carbocycles. The van der Waals surface area contributed by atoms with Gasteiger partial charge in [-0.15, -0.1) is 0 Å². The average Bonchev–Trinajstić information content (AvgIpc) is 2.32. The lowest BCUT2D eigenvalue weighted by atomic mass is 10.3. The maximum Gasteiger partial charge on any atom is 0.149 e. The molecule has 1 heterocycles. The molecule has 1 rings (SSSR count). The zero-order valence-electron chi connectivity index (χ0n) is 9.48. The first kappa shape index (κ1) is 12.0. The lowest BCUT2D eigenvalue weighted by Crippen LogP contribution is -2.25. The molecule has 6 heteroatoms. The topological polar surface area (TPSA) is 64.0 Å². The van der Waals surface area contributed by atoms with Crippen LogP contribution in [0.5, 0.6) is 0 Å². The fourth-order valence-electron chi connectivity index (χ4n) is 1.40. The monoisotopic (exact) mass is 231 g/mol. The third kappa shape index (κ3) is 3.54. The quantitative estimate of drug-likeness (QED) is 0.823. The minimum absolute atomic E-state index is 0.108. The normalized spacial score (nSPS) is 13.9. The Balaban J connectivity index is 2.67. The summed E-state index contributed by atoms with van der Waals surface area (Å²) in [5, 5.41) is 7.20. The zero-order chi connectivity index (χ0) is 11.6. The van der Waals surface area contributed by atoms with Gasteiger partial charge in [0.2, 0.25) is 0 Å². The van der Waals surface area contributed by atoms with E-state index in [-0.39, 0.29) is 11.8 Å². The van der Waals surface area contributed by atoms with E-state index >= 15 is 0 Å². The predicted molar refractivity (Wildman–Crippen MR) is 60.7 cm³/mol. The molecule has 0 aliphatic heterocycles. The Morgan fingerprint density at radius 3 is 2.60 bits per heavy atom. The molecule has 0 saturated heterocycles. The first-order chi connectivity index (χ1) is 6.79. The molecule has 0 radical (unpaired) electrons. The van der Waals surface area contributed by atoms with Crippen LogP contribution in [0.15, 0.2) is 6.20 Å². The van der Waals surface area contributed by atoms with Crippen LogP contribution in [0.1, 0.15) is 12.6 Å². The highest BCUT2D eigenvalue weighted by Gasteiger charge is 2.12. The van der Waals surface area contributed by atoms with Gasteiger partial charge < -0.3 is 5.32 Å². The third-order valence-electron chi connectivity index (χ3n) is 2.19. The van der Waals surface area contributed by atoms with Crippen LogP contribution in [0.2, 0.25) is 0 Å². The van der Waals surface area contributed by atoms with Gasteiger partial charge in [-0.1, -0.05) is 0 Å². The largest absolute Gasteiger partial charge is 0.379 e. The average molecular weight is 231 g/mol. The van der Waals surface area contributed by atoms with Crippen LogP contribution in [0.25, 0.3) is 0 Å². The van der Waals surface area contributed by atoms with Crippen molar-refractivity contribution in [3.63, 3.8) is 0 Å². The molecule has 0 fully saturated rings. The van der Waals surface area contributed by atoms with Crippen LogP contribution < -0.4 is 5.32 Å². The number of aromatic nitrogens is 2. The Hall–Kier alpha value is -1.04. The van der Waals surface area contributed by atoms with E-state index in [1.165, 1.54) is 6.26 Å². The van der Waals surface area contributed by atoms with Gasteiger partial charge in [0.15, 0.2) is 0 Å². The lowest BCUT2D eigenvalue weighted by molar-refractivity contribution is 0.598. The van der Waals surface area contributed by atoms with Gasteiger partial charge in [0.25, 0.3) is 0 Å². The highest BCUT2D eigenvalue weighted by molar-refractivity contribution is 7.90. The number of nitrogens with zero attached hydrogens (tertiary/aromatic N) is 2. The zero-order valence-corrected chi connectivity index (χ0v) is 10.3. The SMILES string of the molecule is Cc1c(NC(C)CS(C)(=O)=O)cnn1C. The second kappa shape index (κ2) is 4.22. The Morgan fingerprint density at radius 1 is 1.60 bits per heavy atom. The Morgan fingerprint density at radius 2 is 2.20 bits per heavy atom. The van der Waals surface area contributed by atoms with Crippen LogP contribution in [0, 0.1) is 6.92 Å². The van der Waals surface area contributed by atoms with Crippen molar-refractivity contribution in [2.45, 2.75) is 19.9 Å². The molecule has 1 N–H and O–H groups in total. The van der Waals surface area contributed by atoms with Crippen molar-refractivity contribution in [3.8, 4) is 0 Å². The minimum atomic E-state index is -2.94. The lowest BCUT2D eigenvalue weighted by Gasteiger charge is -2.13. The molecule has 0 bridgehead atoms. The van der Waals surface area contributed by atoms with Crippen molar-refractivity contribution in [3.05, 3.63) is 11.9 Å². The van der Waals surface area contributed by atoms with E-state index in [1.54, 1.807) is 10.9 Å². The van der Waals surface area contributed by atoms with E-state index < -0.39 is 9.84 Å². The van der Waals surface area contributed by atoms with E-state index in [0.29, 0.717) is 0 Å². The molecule has 0 amide bonds. The van der Waals surface area contributed by atoms with Gasteiger partial charge in [0.05, 0.1) is 23.3 Å². The van der Waals surface area contributed by atoms with Crippen molar-refractivity contribution in [2.24, 2.45) is 7.05 Å². The second-order valence-corrected chi connectivity index (χ2v) is 6.09. The van der Waals surface area contributed by atoms with Gasteiger partial charge in [0, 0.05) is 19.3 Å². The van der Waals surface area contributed by atoms with Crippen LogP contribution in [-0.4, -0.2) is 36.2 Å². The van der Waals surface area contributed by atoms with Crippen molar-refractivity contribution >= 4 is 15.5 Å². The Bertz CT molecular complexity index is 436. The van der Waals surface area contributed by atoms with E-state index in [9.17, 15) is 8.42 Å². The number of aryl methyl sites for hydroxylation is 1. The van der Waals surface area contributed by atoms with Crippen molar-refractivity contribution < 1.29 is 8.42 Å². The van der Waals surface area contributed by atoms with Crippen LogP contribution in [0.3, 0.4) is 0 Å². The van der Waals surface area contributed by atoms with Gasteiger partial charge in [0.1, 0.15) is 9.84 Å². The summed E-state index contributed by atoms with van der Waals surface area (Å²) in [4.78, 5) is 0. The molecular formula is C9H17N3O2S. The fraction of sp³-hybridized carbons (Fsp3) is 0.667. The number of nitrogens with one attached hydrogen (secondary N) is 1. The summed E-state index contributed by atoms with van der Waals surface area (Å²) in [7, 11) is -1.09. The molecule has 0 aliphatic rings. The second-order valence-electron chi connectivity index (χ2n) is 3.91. The van der Waals surface area contributed by atoms with E-state index in [0.717, 1.165) is 11.4 Å². The molecule has 1 atom stereocenters. The summed E-state index contributed by atoms with van der Waals surface area (Å²) in [5.74, 6) is 0.126. The molecular weight excluding hydrogens is 214 g/mol. The minimum Gasteiger partial charge on any atom is -0.379 e. The van der Waals surface area contributed by atoms with Gasteiger partial charge in [-0.05, 0) is 13.8 Å². The van der Waals surface area contributed by atoms with Gasteiger partial charge in [-0.2, -0.15) is 5.10 Å². The molecule has 5 nitrogen and oxygen atoms in total. The number of hydrogen-bond acceptors (Lipinski definition) is 4. The molecule has 0 aliphatic carbocycles. The molecule has 86 valence electrons. The molecule has 1 aromatic rings. The standard InChI is InChI=1S/C9H17N3O2S/c1-7(6-15(4,13)14)11-9-5-10-12(3)8(9)2/h5,7,11H,6H2,1-4H3. The van der Waals surface area contributed by atoms with Gasteiger partial charge in [-0.25, -0.2) is 8.42 Å². The smallest absolute Gasteiger partial charge is 0.149 e. The predicted octanol–water partition coefficient (Wildman–Crippen LogP) is 0.574. The van der Waals surface area contributed by atoms with Crippen LogP contribution in [0.4, 0.5) is 5.69 Å². The molecule has 15 heavy (non-hydrogen) atoms. The maximum atomic E-state index is 11.1. The van der Waals surface area contributed by atoms with E-state index in [1.807, 2.05) is 20.9 Å². The third-order valence-corrected chi connectivity index (χ3v) is 3.30. The number of sulfone groups is 1. The number of anilines is 1.